The lowest BCUT2D eigenvalue weighted by Gasteiger charge is -2.59. The zero-order valence-corrected chi connectivity index (χ0v) is 109. The molecule has 0 bridgehead atoms. The first-order valence-corrected chi connectivity index (χ1v) is 128. The molecule has 4 aromatic rings. The van der Waals surface area contributed by atoms with Gasteiger partial charge in [0.25, 0.3) is 11.8 Å². The maximum atomic E-state index is 14.9. The van der Waals surface area contributed by atoms with Crippen LogP contribution in [0.3, 0.4) is 0 Å². The van der Waals surface area contributed by atoms with Crippen LogP contribution in [0.15, 0.2) is 58.0 Å². The summed E-state index contributed by atoms with van der Waals surface area (Å²) >= 11 is 0. The molecule has 0 amide bonds. The Morgan fingerprint density at radius 2 is 0.927 bits per heavy atom. The summed E-state index contributed by atoms with van der Waals surface area (Å²) in [6.45, 7) is -2.91. The first-order valence-electron chi connectivity index (χ1n) is 25.4. The quantitative estimate of drug-likeness (QED) is 0.0422. The lowest BCUT2D eigenvalue weighted by atomic mass is 10.1. The number of nitrogens with one attached hydrogen (secondary N) is 1. The van der Waals surface area contributed by atoms with Crippen LogP contribution in [0.2, 0.25) is 0 Å². The molecule has 3 heterocycles. The van der Waals surface area contributed by atoms with Crippen molar-refractivity contribution in [3.05, 3.63) is 60.0 Å². The summed E-state index contributed by atoms with van der Waals surface area (Å²) in [6.07, 6.45) is 2.27. The normalized spacial score (nSPS) is 16.1. The van der Waals surface area contributed by atoms with Crippen molar-refractivity contribution in [2.24, 2.45) is 0 Å². The second-order valence-electron chi connectivity index (χ2n) is 18.4. The van der Waals surface area contributed by atoms with Gasteiger partial charge in [-0.3, -0.25) is 4.39 Å². The van der Waals surface area contributed by atoms with Gasteiger partial charge >= 0.3 is 0 Å². The van der Waals surface area contributed by atoms with Crippen molar-refractivity contribution in [2.45, 2.75) is 42.5 Å². The highest BCUT2D eigenvalue weighted by atomic mass is 33.6. The molecule has 2 aromatic carbocycles. The number of nitrogen functional groups attached to an aromatic ring is 1. The van der Waals surface area contributed by atoms with Gasteiger partial charge in [-0.25, -0.2) is 22.8 Å². The fraction of sp³-hybridized carbons (Fsp3) is 0.333. The number of aromatic nitrogens is 4. The summed E-state index contributed by atoms with van der Waals surface area (Å²) in [5.41, 5.74) is 7.96. The highest BCUT2D eigenvalue weighted by molar-refractivity contribution is 9.53. The summed E-state index contributed by atoms with van der Waals surface area (Å²) in [5, 5.41) is 10.5. The third-order valence-electron chi connectivity index (χ3n) is 11.6. The molecule has 0 saturated carbocycles. The minimum Gasteiger partial charge on any atom is -0.414 e. The summed E-state index contributed by atoms with van der Waals surface area (Å²) in [6, 6.07) is 11.0. The second-order valence-corrected chi connectivity index (χ2v) is 251. The van der Waals surface area contributed by atoms with Crippen LogP contribution in [-0.4, -0.2) is 59.8 Å². The van der Waals surface area contributed by atoms with E-state index in [1.165, 1.54) is 31.3 Å². The van der Waals surface area contributed by atoms with E-state index >= 15 is 0 Å². The van der Waals surface area contributed by atoms with E-state index in [9.17, 15) is 17.2 Å². The lowest BCUT2D eigenvalue weighted by molar-refractivity contribution is 0.190. The Labute approximate surface area is 669 Å². The highest BCUT2D eigenvalue weighted by Gasteiger charge is 2.60. The van der Waals surface area contributed by atoms with E-state index in [4.69, 9.17) is 14.9 Å². The number of nitrogens with zero attached hydrogens (tertiary/aromatic N) is 4. The molecule has 33 unspecified atom stereocenters. The Bertz CT molecular complexity index is 2920. The molecule has 1 aliphatic heterocycles. The first kappa shape index (κ1) is 109. The van der Waals surface area contributed by atoms with Crippen LogP contribution in [0.4, 0.5) is 14.6 Å². The smallest absolute Gasteiger partial charge is 0.270 e. The summed E-state index contributed by atoms with van der Waals surface area (Å²) < 4.78 is 63.9. The predicted molar refractivity (Wildman–Crippen MR) is 612 cm³/mol. The van der Waals surface area contributed by atoms with Crippen LogP contribution in [0.5, 0.6) is 0 Å². The van der Waals surface area contributed by atoms with E-state index in [1.807, 2.05) is 0 Å². The van der Waals surface area contributed by atoms with Gasteiger partial charge in [0.15, 0.2) is 21.3 Å². The maximum Gasteiger partial charge on any atom is 0.270 e. The third-order valence-corrected chi connectivity index (χ3v) is 403. The monoisotopic (exact) mass is 2360 g/mol. The van der Waals surface area contributed by atoms with Crippen LogP contribution >= 0.6 is 448 Å². The van der Waals surface area contributed by atoms with Crippen molar-refractivity contribution in [1.82, 2.24) is 25.5 Å². The number of rotatable bonds is 36. The van der Waals surface area contributed by atoms with Gasteiger partial charge in [-0.1, -0.05) is 18.2 Å². The summed E-state index contributed by atoms with van der Waals surface area (Å²) in [5.74, 6) is -0.580. The predicted octanol–water partition coefficient (Wildman–Crippen LogP) is 36.7. The van der Waals surface area contributed by atoms with Crippen molar-refractivity contribution in [3.8, 4) is 34.3 Å². The molecular weight excluding hydrogens is 2280 g/mol. The zero-order chi connectivity index (χ0) is 72.9. The maximum absolute atomic E-state index is 14.9. The van der Waals surface area contributed by atoms with Gasteiger partial charge in [-0.05, 0) is 238 Å². The van der Waals surface area contributed by atoms with Crippen molar-refractivity contribution in [2.75, 3.05) is 25.6 Å². The van der Waals surface area contributed by atoms with Gasteiger partial charge in [0.2, 0.25) is 0 Å². The van der Waals surface area contributed by atoms with Crippen LogP contribution in [0.25, 0.3) is 34.3 Å². The molecule has 3 N–H and O–H groups in total. The molecule has 2 aromatic heterocycles. The number of halogens is 2. The molecule has 34 atom stereocenters. The number of hydrogen-bond donors (Lipinski definition) is 2. The molecule has 5 rings (SSSR count). The van der Waals surface area contributed by atoms with Gasteiger partial charge in [-0.2, -0.15) is 0 Å². The SMILES string of the molecule is CC(CCF)S(=O)(=O)c1ccc(-c2cnc(N)c(-c3nnc(-c4ccc(CN[C@H]5CCOC5)cc4F)o3)n2)cc1.PP(P)P(P)P(P(P)P)P(P(P(P(P)P)P(P)P)P(P(P)P)P(P)P)P(P(P(P(P)P)P(P)P)P(P(P)P)P(P)P)P(P(P(P)P)P(P)P)P(P(P)P)P(P)P. The summed E-state index contributed by atoms with van der Waals surface area (Å²) in [7, 11) is 98.5. The second kappa shape index (κ2) is 55.8. The van der Waals surface area contributed by atoms with E-state index in [1.54, 1.807) is 24.3 Å². The topological polar surface area (TPSA) is 146 Å². The average molecular weight is 2360 g/mol. The number of sulfone groups is 1. The fourth-order valence-corrected chi connectivity index (χ4v) is 800. The third kappa shape index (κ3) is 33.8. The summed E-state index contributed by atoms with van der Waals surface area (Å²) in [4.78, 5) is 8.72. The molecule has 1 aliphatic rings. The Hall–Kier alpha value is 20.3. The van der Waals surface area contributed by atoms with E-state index < -0.39 is 27.6 Å². The van der Waals surface area contributed by atoms with Gasteiger partial charge in [0.05, 0.1) is 40.9 Å². The molecule has 0 spiro atoms. The standard InChI is InChI=1S/C27H28F2N6O4S.H58P56/c1-16(8-10-28)40(36,37)20-5-3-18(4-6-20)23-14-32-25(30)24(33-23)27-35-34-26(39-27)21-7-2-17(12-22(21)29)13-31-19-9-11-38-15-19;1-30(2)44(29)51(43(27)28)55(52(45(31(3)4)32(5)6)46(33(7)8)34(9)10)56(53(47(35(11)12)36(13)14)48(37(15)16)38(17)18)54(49(39(19)20)40(21)22)50(41(23)24)42(25)26/h2-7,12,14,16,19,31H,8-11,13,15H2,1H3,(H2,30,32);1-29H2/t16?,19-;/m0./s1. The van der Waals surface area contributed by atoms with Crippen LogP contribution in [0.1, 0.15) is 25.3 Å². The zero-order valence-electron chi connectivity index (χ0n) is 50.5. The largest absolute Gasteiger partial charge is 0.414 e. The van der Waals surface area contributed by atoms with Crippen molar-refractivity contribution < 1.29 is 26.4 Å². The molecular formula is C27H86F2N6O4P56S. The Morgan fingerprint density at radius 1 is 0.542 bits per heavy atom. The van der Waals surface area contributed by atoms with E-state index in [0.717, 1.165) is 18.6 Å². The lowest BCUT2D eigenvalue weighted by Crippen LogP contribution is -2.28. The van der Waals surface area contributed by atoms with Crippen molar-refractivity contribution in [1.29, 1.82) is 0 Å². The minimum absolute atomic E-state index is 0.0241. The molecule has 1 saturated heterocycles. The molecule has 10 nitrogen and oxygen atoms in total. The molecule has 0 aliphatic carbocycles. The average Bonchev–Trinajstić information content (AvgIpc) is 0.806. The molecule has 548 valence electrons. The van der Waals surface area contributed by atoms with Crippen LogP contribution in [-0.2, 0) is 21.1 Å². The molecule has 69 heteroatoms. The van der Waals surface area contributed by atoms with E-state index in [2.05, 4.69) is 284 Å². The van der Waals surface area contributed by atoms with Crippen molar-refractivity contribution in [3.63, 3.8) is 0 Å². The molecule has 0 radical (unpaired) electrons. The molecule has 1 fully saturated rings. The number of nitrogens with two attached hydrogens (primary N) is 1. The van der Waals surface area contributed by atoms with E-state index in [0.29, 0.717) is 24.4 Å². The minimum atomic E-state index is -3.66. The number of ether oxygens (including phenoxy) is 1. The Kier molecular flexibility index (Phi) is 63.1. The number of anilines is 1. The van der Waals surface area contributed by atoms with Crippen LogP contribution in [0, 0.1) is 5.82 Å². The number of hydrogen-bond acceptors (Lipinski definition) is 10. The number of alkyl halides is 1. The van der Waals surface area contributed by atoms with Crippen molar-refractivity contribution >= 4 is 463 Å². The van der Waals surface area contributed by atoms with Gasteiger partial charge in [0.1, 0.15) is 5.82 Å². The Balaban J connectivity index is 0.000000428. The van der Waals surface area contributed by atoms with Gasteiger partial charge in [-0.15, -0.1) is 269 Å². The van der Waals surface area contributed by atoms with Gasteiger partial charge < -0.3 is 20.2 Å². The Morgan fingerprint density at radius 3 is 1.28 bits per heavy atom. The number of benzene rings is 2. The highest BCUT2D eigenvalue weighted by Crippen LogP contribution is 3.47. The first-order chi connectivity index (χ1) is 44.7. The van der Waals surface area contributed by atoms with Gasteiger partial charge in [0, 0.05) is 24.8 Å². The van der Waals surface area contributed by atoms with Crippen LogP contribution < -0.4 is 11.1 Å². The fourth-order valence-electron chi connectivity index (χ4n) is 7.55. The molecule has 96 heavy (non-hydrogen) atoms. The van der Waals surface area contributed by atoms with E-state index in [-0.39, 0.29) is 235 Å².